The summed E-state index contributed by atoms with van der Waals surface area (Å²) in [5.74, 6) is 2.00. The lowest BCUT2D eigenvalue weighted by Crippen LogP contribution is -2.33. The van der Waals surface area contributed by atoms with Crippen molar-refractivity contribution in [2.24, 2.45) is 5.92 Å². The third kappa shape index (κ3) is 2.94. The molecule has 0 amide bonds. The second kappa shape index (κ2) is 5.96. The van der Waals surface area contributed by atoms with Crippen LogP contribution in [0.4, 0.5) is 0 Å². The largest absolute Gasteiger partial charge is 0.490 e. The van der Waals surface area contributed by atoms with Gasteiger partial charge in [0.25, 0.3) is 0 Å². The fraction of sp³-hybridized carbons (Fsp3) is 0.647. The molecule has 2 nitrogen and oxygen atoms in total. The van der Waals surface area contributed by atoms with Crippen molar-refractivity contribution in [1.29, 1.82) is 0 Å². The molecule has 0 bridgehead atoms. The highest BCUT2D eigenvalue weighted by Gasteiger charge is 2.27. The summed E-state index contributed by atoms with van der Waals surface area (Å²) in [5.41, 5.74) is 1.38. The Labute approximate surface area is 116 Å². The average molecular weight is 259 g/mol. The first-order valence-corrected chi connectivity index (χ1v) is 7.78. The van der Waals surface area contributed by atoms with E-state index < -0.39 is 0 Å². The molecule has 0 radical (unpaired) electrons. The van der Waals surface area contributed by atoms with E-state index in [4.69, 9.17) is 4.74 Å². The van der Waals surface area contributed by atoms with Gasteiger partial charge in [0.2, 0.25) is 0 Å². The summed E-state index contributed by atoms with van der Waals surface area (Å²) in [7, 11) is 2.12. The molecule has 0 spiro atoms. The molecule has 1 aromatic rings. The molecule has 2 unspecified atom stereocenters. The van der Waals surface area contributed by atoms with Gasteiger partial charge in [0.05, 0.1) is 0 Å². The lowest BCUT2D eigenvalue weighted by atomic mass is 9.92. The van der Waals surface area contributed by atoms with E-state index in [9.17, 15) is 0 Å². The van der Waals surface area contributed by atoms with Crippen LogP contribution < -0.4 is 10.1 Å². The predicted octanol–water partition coefficient (Wildman–Crippen LogP) is 3.55. The number of fused-ring (bicyclic) bond motifs is 1. The number of rotatable bonds is 5. The van der Waals surface area contributed by atoms with Crippen LogP contribution >= 0.6 is 0 Å². The normalized spacial score (nSPS) is 24.2. The quantitative estimate of drug-likeness (QED) is 0.873. The average Bonchev–Trinajstić information content (AvgIpc) is 3.08. The highest BCUT2D eigenvalue weighted by molar-refractivity contribution is 5.37. The smallest absolute Gasteiger partial charge is 0.123 e. The first kappa shape index (κ1) is 13.0. The van der Waals surface area contributed by atoms with Gasteiger partial charge >= 0.3 is 0 Å². The molecular formula is C17H25NO. The van der Waals surface area contributed by atoms with E-state index in [1.165, 1.54) is 44.1 Å². The van der Waals surface area contributed by atoms with Crippen LogP contribution in [0.1, 0.15) is 44.1 Å². The van der Waals surface area contributed by atoms with Crippen LogP contribution in [0.2, 0.25) is 0 Å². The summed E-state index contributed by atoms with van der Waals surface area (Å²) in [6, 6.07) is 9.16. The Bertz CT molecular complexity index is 386. The number of hydrogen-bond acceptors (Lipinski definition) is 2. The van der Waals surface area contributed by atoms with Gasteiger partial charge < -0.3 is 10.1 Å². The standard InChI is InChI=1S/C17H25NO/c1-18-16(13-6-2-3-7-13)11-10-15-12-14-8-4-5-9-17(14)19-15/h4-5,8-9,13,15-16,18H,2-3,6-7,10-12H2,1H3. The van der Waals surface area contributed by atoms with Crippen LogP contribution in [0.3, 0.4) is 0 Å². The highest BCUT2D eigenvalue weighted by atomic mass is 16.5. The van der Waals surface area contributed by atoms with Crippen molar-refractivity contribution in [2.45, 2.75) is 57.1 Å². The van der Waals surface area contributed by atoms with Crippen molar-refractivity contribution in [2.75, 3.05) is 7.05 Å². The van der Waals surface area contributed by atoms with Gasteiger partial charge in [0.1, 0.15) is 11.9 Å². The molecule has 3 rings (SSSR count). The van der Waals surface area contributed by atoms with Gasteiger partial charge in [-0.25, -0.2) is 0 Å². The number of nitrogens with one attached hydrogen (secondary N) is 1. The lowest BCUT2D eigenvalue weighted by Gasteiger charge is -2.24. The molecule has 1 heterocycles. The summed E-state index contributed by atoms with van der Waals surface area (Å²) in [6.45, 7) is 0. The summed E-state index contributed by atoms with van der Waals surface area (Å²) in [5, 5.41) is 3.53. The van der Waals surface area contributed by atoms with E-state index in [1.807, 2.05) is 0 Å². The van der Waals surface area contributed by atoms with Crippen LogP contribution in [-0.2, 0) is 6.42 Å². The molecule has 2 heteroatoms. The van der Waals surface area contributed by atoms with Gasteiger partial charge in [-0.1, -0.05) is 31.0 Å². The maximum atomic E-state index is 6.04. The van der Waals surface area contributed by atoms with Gasteiger partial charge in [-0.15, -0.1) is 0 Å². The molecule has 1 aromatic carbocycles. The second-order valence-corrected chi connectivity index (χ2v) is 6.07. The topological polar surface area (TPSA) is 21.3 Å². The molecule has 1 aliphatic heterocycles. The second-order valence-electron chi connectivity index (χ2n) is 6.07. The Hall–Kier alpha value is -1.02. The van der Waals surface area contributed by atoms with Crippen LogP contribution in [0, 0.1) is 5.92 Å². The van der Waals surface area contributed by atoms with Crippen molar-refractivity contribution >= 4 is 0 Å². The Morgan fingerprint density at radius 1 is 1.26 bits per heavy atom. The molecule has 2 aliphatic rings. The number of benzene rings is 1. The zero-order valence-electron chi connectivity index (χ0n) is 11.9. The van der Waals surface area contributed by atoms with Crippen molar-refractivity contribution in [3.05, 3.63) is 29.8 Å². The Morgan fingerprint density at radius 2 is 2.05 bits per heavy atom. The molecule has 1 aliphatic carbocycles. The third-order valence-corrected chi connectivity index (χ3v) is 4.85. The van der Waals surface area contributed by atoms with E-state index in [0.717, 1.165) is 18.1 Å². The van der Waals surface area contributed by atoms with Crippen molar-refractivity contribution in [3.8, 4) is 5.75 Å². The first-order valence-electron chi connectivity index (χ1n) is 7.78. The highest BCUT2D eigenvalue weighted by Crippen LogP contribution is 2.33. The van der Waals surface area contributed by atoms with Gasteiger partial charge in [0.15, 0.2) is 0 Å². The summed E-state index contributed by atoms with van der Waals surface area (Å²) >= 11 is 0. The molecule has 104 valence electrons. The molecule has 0 aromatic heterocycles. The molecule has 1 N–H and O–H groups in total. The van der Waals surface area contributed by atoms with E-state index in [1.54, 1.807) is 0 Å². The van der Waals surface area contributed by atoms with E-state index in [-0.39, 0.29) is 0 Å². The Balaban J connectivity index is 1.50. The minimum absolute atomic E-state index is 0.398. The molecule has 19 heavy (non-hydrogen) atoms. The lowest BCUT2D eigenvalue weighted by molar-refractivity contribution is 0.203. The fourth-order valence-electron chi connectivity index (χ4n) is 3.76. The van der Waals surface area contributed by atoms with Gasteiger partial charge in [-0.2, -0.15) is 0 Å². The number of para-hydroxylation sites is 1. The maximum absolute atomic E-state index is 6.04. The van der Waals surface area contributed by atoms with Crippen molar-refractivity contribution < 1.29 is 4.74 Å². The van der Waals surface area contributed by atoms with Crippen molar-refractivity contribution in [3.63, 3.8) is 0 Å². The maximum Gasteiger partial charge on any atom is 0.123 e. The van der Waals surface area contributed by atoms with Crippen LogP contribution in [-0.4, -0.2) is 19.2 Å². The minimum atomic E-state index is 0.398. The van der Waals surface area contributed by atoms with E-state index >= 15 is 0 Å². The molecule has 1 saturated carbocycles. The third-order valence-electron chi connectivity index (χ3n) is 4.85. The molecule has 1 fully saturated rings. The van der Waals surface area contributed by atoms with E-state index in [2.05, 4.69) is 36.6 Å². The predicted molar refractivity (Wildman–Crippen MR) is 78.6 cm³/mol. The zero-order chi connectivity index (χ0) is 13.1. The fourth-order valence-corrected chi connectivity index (χ4v) is 3.76. The number of ether oxygens (including phenoxy) is 1. The molecule has 0 saturated heterocycles. The van der Waals surface area contributed by atoms with Gasteiger partial charge in [-0.3, -0.25) is 0 Å². The van der Waals surface area contributed by atoms with E-state index in [0.29, 0.717) is 12.1 Å². The SMILES string of the molecule is CNC(CCC1Cc2ccccc2O1)C1CCCC1. The van der Waals surface area contributed by atoms with Crippen LogP contribution in [0.15, 0.2) is 24.3 Å². The first-order chi connectivity index (χ1) is 9.36. The minimum Gasteiger partial charge on any atom is -0.490 e. The van der Waals surface area contributed by atoms with Gasteiger partial charge in [-0.05, 0) is 50.3 Å². The van der Waals surface area contributed by atoms with Gasteiger partial charge in [0, 0.05) is 12.5 Å². The molecular weight excluding hydrogens is 234 g/mol. The monoisotopic (exact) mass is 259 g/mol. The Morgan fingerprint density at radius 3 is 2.79 bits per heavy atom. The van der Waals surface area contributed by atoms with Crippen LogP contribution in [0.5, 0.6) is 5.75 Å². The summed E-state index contributed by atoms with van der Waals surface area (Å²) < 4.78 is 6.04. The Kier molecular flexibility index (Phi) is 4.07. The number of hydrogen-bond donors (Lipinski definition) is 1. The zero-order valence-corrected chi connectivity index (χ0v) is 11.9. The van der Waals surface area contributed by atoms with Crippen LogP contribution in [0.25, 0.3) is 0 Å². The summed E-state index contributed by atoms with van der Waals surface area (Å²) in [6.07, 6.45) is 9.60. The van der Waals surface area contributed by atoms with Crippen molar-refractivity contribution in [1.82, 2.24) is 5.32 Å². The summed E-state index contributed by atoms with van der Waals surface area (Å²) in [4.78, 5) is 0. The molecule has 2 atom stereocenters.